The lowest BCUT2D eigenvalue weighted by atomic mass is 9.78. The third kappa shape index (κ3) is 6.02. The average Bonchev–Trinajstić information content (AvgIpc) is 3.40. The minimum absolute atomic E-state index is 0.294. The van der Waals surface area contributed by atoms with Gasteiger partial charge in [0.1, 0.15) is 19.1 Å². The first-order valence-electron chi connectivity index (χ1n) is 13.6. The van der Waals surface area contributed by atoms with E-state index in [2.05, 4.69) is 72.2 Å². The fourth-order valence-corrected chi connectivity index (χ4v) is 6.25. The first kappa shape index (κ1) is 24.6. The molecule has 3 heterocycles. The van der Waals surface area contributed by atoms with E-state index in [-0.39, 0.29) is 0 Å². The Morgan fingerprint density at radius 3 is 2.46 bits per heavy atom. The van der Waals surface area contributed by atoms with E-state index in [1.807, 2.05) is 6.07 Å². The van der Waals surface area contributed by atoms with E-state index in [0.29, 0.717) is 24.9 Å². The van der Waals surface area contributed by atoms with Crippen LogP contribution in [-0.4, -0.2) is 57.1 Å². The molecule has 35 heavy (non-hydrogen) atoms. The van der Waals surface area contributed by atoms with Gasteiger partial charge in [-0.15, -0.1) is 0 Å². The molecule has 190 valence electrons. The van der Waals surface area contributed by atoms with Crippen LogP contribution in [0, 0.1) is 17.3 Å². The number of ether oxygens (including phenoxy) is 3. The molecule has 0 spiro atoms. The van der Waals surface area contributed by atoms with Crippen LogP contribution in [0.1, 0.15) is 45.1 Å². The van der Waals surface area contributed by atoms with Gasteiger partial charge in [0.15, 0.2) is 0 Å². The number of hydrogen-bond donors (Lipinski definition) is 0. The zero-order valence-electron chi connectivity index (χ0n) is 21.5. The van der Waals surface area contributed by atoms with E-state index >= 15 is 0 Å². The second-order valence-corrected chi connectivity index (χ2v) is 10.9. The van der Waals surface area contributed by atoms with Crippen LogP contribution in [0.5, 0.6) is 5.75 Å². The van der Waals surface area contributed by atoms with Gasteiger partial charge in [-0.1, -0.05) is 50.2 Å². The minimum Gasteiger partial charge on any atom is -0.489 e. The highest BCUT2D eigenvalue weighted by molar-refractivity contribution is 5.52. The first-order chi connectivity index (χ1) is 17.2. The van der Waals surface area contributed by atoms with E-state index in [9.17, 15) is 0 Å². The van der Waals surface area contributed by atoms with Gasteiger partial charge >= 0.3 is 0 Å². The Bertz CT molecular complexity index is 918. The largest absolute Gasteiger partial charge is 0.489 e. The van der Waals surface area contributed by atoms with Crippen molar-refractivity contribution in [3.63, 3.8) is 0 Å². The fraction of sp³-hybridized carbons (Fsp3) is 0.600. The lowest BCUT2D eigenvalue weighted by Crippen LogP contribution is -2.33. The van der Waals surface area contributed by atoms with E-state index in [0.717, 1.165) is 56.7 Å². The van der Waals surface area contributed by atoms with Crippen molar-refractivity contribution < 1.29 is 14.2 Å². The highest BCUT2D eigenvalue weighted by atomic mass is 16.7. The number of likely N-dealkylation sites (tertiary alicyclic amines) is 1. The van der Waals surface area contributed by atoms with Gasteiger partial charge in [0, 0.05) is 44.5 Å². The summed E-state index contributed by atoms with van der Waals surface area (Å²) in [6.45, 7) is 12.4. The zero-order valence-corrected chi connectivity index (χ0v) is 21.5. The van der Waals surface area contributed by atoms with E-state index < -0.39 is 0 Å². The highest BCUT2D eigenvalue weighted by Crippen LogP contribution is 2.38. The van der Waals surface area contributed by atoms with Crippen molar-refractivity contribution in [1.29, 1.82) is 0 Å². The number of hydrogen-bond acceptors (Lipinski definition) is 5. The van der Waals surface area contributed by atoms with Crippen molar-refractivity contribution in [3.8, 4) is 5.75 Å². The van der Waals surface area contributed by atoms with Gasteiger partial charge in [-0.2, -0.15) is 0 Å². The maximum Gasteiger partial charge on any atom is 0.147 e. The zero-order chi connectivity index (χ0) is 24.1. The molecule has 2 aromatic carbocycles. The molecule has 0 saturated carbocycles. The Hall–Kier alpha value is -2.08. The average molecular weight is 479 g/mol. The van der Waals surface area contributed by atoms with Crippen LogP contribution in [0.15, 0.2) is 54.6 Å². The molecule has 0 amide bonds. The lowest BCUT2D eigenvalue weighted by molar-refractivity contribution is -0.0736. The standard InChI is InChI=1S/C30H42N2O3/c1-3-30(4-2)16-29(35-23-33-22-30)13-14-31-17-25-19-32(20-26(25)18-31)27-11-8-12-28(15-27)34-21-24-9-6-5-7-10-24/h5-12,15,25-26,29H,3-4,13-14,16-23H2,1-2H3. The Balaban J connectivity index is 1.10. The number of benzene rings is 2. The van der Waals surface area contributed by atoms with Crippen LogP contribution in [0.2, 0.25) is 0 Å². The Morgan fingerprint density at radius 1 is 0.943 bits per heavy atom. The van der Waals surface area contributed by atoms with Gasteiger partial charge in [-0.05, 0) is 60.6 Å². The second kappa shape index (κ2) is 11.3. The maximum atomic E-state index is 6.08. The molecule has 0 radical (unpaired) electrons. The molecule has 3 fully saturated rings. The number of fused-ring (bicyclic) bond motifs is 1. The van der Waals surface area contributed by atoms with Crippen LogP contribution >= 0.6 is 0 Å². The van der Waals surface area contributed by atoms with Crippen molar-refractivity contribution in [2.24, 2.45) is 17.3 Å². The number of rotatable bonds is 9. The number of nitrogens with zero attached hydrogens (tertiary/aromatic N) is 2. The minimum atomic E-state index is 0.294. The molecule has 5 heteroatoms. The molecule has 0 aromatic heterocycles. The predicted molar refractivity (Wildman–Crippen MR) is 141 cm³/mol. The highest BCUT2D eigenvalue weighted by Gasteiger charge is 2.40. The first-order valence-corrected chi connectivity index (χ1v) is 13.6. The van der Waals surface area contributed by atoms with Crippen molar-refractivity contribution >= 4 is 5.69 Å². The third-order valence-corrected chi connectivity index (χ3v) is 8.72. The normalized spacial score (nSPS) is 26.5. The van der Waals surface area contributed by atoms with Crippen molar-refractivity contribution in [3.05, 3.63) is 60.2 Å². The van der Waals surface area contributed by atoms with E-state index in [1.54, 1.807) is 0 Å². The lowest BCUT2D eigenvalue weighted by Gasteiger charge is -2.32. The van der Waals surface area contributed by atoms with Gasteiger partial charge in [0.05, 0.1) is 12.7 Å². The monoisotopic (exact) mass is 478 g/mol. The maximum absolute atomic E-state index is 6.08. The van der Waals surface area contributed by atoms with Crippen LogP contribution in [0.4, 0.5) is 5.69 Å². The summed E-state index contributed by atoms with van der Waals surface area (Å²) in [6, 6.07) is 19.0. The molecular formula is C30H42N2O3. The molecule has 3 saturated heterocycles. The summed E-state index contributed by atoms with van der Waals surface area (Å²) in [5, 5.41) is 0. The summed E-state index contributed by atoms with van der Waals surface area (Å²) >= 11 is 0. The van der Waals surface area contributed by atoms with Gasteiger partial charge in [0.2, 0.25) is 0 Å². The van der Waals surface area contributed by atoms with Gasteiger partial charge in [0.25, 0.3) is 0 Å². The summed E-state index contributed by atoms with van der Waals surface area (Å²) in [5.74, 6) is 2.47. The molecule has 5 nitrogen and oxygen atoms in total. The predicted octanol–water partition coefficient (Wildman–Crippen LogP) is 5.59. The van der Waals surface area contributed by atoms with Gasteiger partial charge < -0.3 is 24.0 Å². The summed E-state index contributed by atoms with van der Waals surface area (Å²) in [7, 11) is 0. The number of anilines is 1. The summed E-state index contributed by atoms with van der Waals surface area (Å²) < 4.78 is 18.0. The van der Waals surface area contributed by atoms with Crippen LogP contribution < -0.4 is 9.64 Å². The van der Waals surface area contributed by atoms with E-state index in [1.165, 1.54) is 37.2 Å². The molecule has 3 aliphatic rings. The summed E-state index contributed by atoms with van der Waals surface area (Å²) in [5.41, 5.74) is 2.78. The SMILES string of the molecule is CCC1(CC)COCOC(CCN2CC3CN(c4cccc(OCc5ccccc5)c4)CC3C2)C1. The molecule has 3 aliphatic heterocycles. The molecule has 3 unspecified atom stereocenters. The van der Waals surface area contributed by atoms with Gasteiger partial charge in [-0.3, -0.25) is 0 Å². The Morgan fingerprint density at radius 2 is 1.71 bits per heavy atom. The third-order valence-electron chi connectivity index (χ3n) is 8.72. The molecule has 3 atom stereocenters. The molecular weight excluding hydrogens is 436 g/mol. The topological polar surface area (TPSA) is 34.2 Å². The quantitative estimate of drug-likeness (QED) is 0.469. The molecule has 0 aliphatic carbocycles. The van der Waals surface area contributed by atoms with Crippen molar-refractivity contribution in [1.82, 2.24) is 4.90 Å². The van der Waals surface area contributed by atoms with Gasteiger partial charge in [-0.25, -0.2) is 0 Å². The Labute approximate surface area is 211 Å². The van der Waals surface area contributed by atoms with Crippen molar-refractivity contribution in [2.75, 3.05) is 51.0 Å². The summed E-state index contributed by atoms with van der Waals surface area (Å²) in [4.78, 5) is 5.24. The Kier molecular flexibility index (Phi) is 7.96. The van der Waals surface area contributed by atoms with E-state index in [4.69, 9.17) is 14.2 Å². The molecule has 0 N–H and O–H groups in total. The molecule has 0 bridgehead atoms. The second-order valence-electron chi connectivity index (χ2n) is 10.9. The molecule has 5 rings (SSSR count). The van der Waals surface area contributed by atoms with Crippen molar-refractivity contribution in [2.45, 2.75) is 52.2 Å². The summed E-state index contributed by atoms with van der Waals surface area (Å²) in [6.07, 6.45) is 4.93. The van der Waals surface area contributed by atoms with Crippen LogP contribution in [-0.2, 0) is 16.1 Å². The van der Waals surface area contributed by atoms with Crippen LogP contribution in [0.3, 0.4) is 0 Å². The fourth-order valence-electron chi connectivity index (χ4n) is 6.25. The van der Waals surface area contributed by atoms with Crippen LogP contribution in [0.25, 0.3) is 0 Å². The smallest absolute Gasteiger partial charge is 0.147 e. The molecule has 2 aromatic rings.